The van der Waals surface area contributed by atoms with Crippen LogP contribution in [0.15, 0.2) is 42.5 Å². The minimum Gasteiger partial charge on any atom is -0.489 e. The van der Waals surface area contributed by atoms with Crippen molar-refractivity contribution in [3.05, 3.63) is 65.0 Å². The van der Waals surface area contributed by atoms with Crippen molar-refractivity contribution in [3.63, 3.8) is 0 Å². The first kappa shape index (κ1) is 12.9. The predicted molar refractivity (Wildman–Crippen MR) is 71.5 cm³/mol. The van der Waals surface area contributed by atoms with Crippen molar-refractivity contribution in [1.82, 2.24) is 0 Å². The number of halogens is 2. The quantitative estimate of drug-likeness (QED) is 0.741. The summed E-state index contributed by atoms with van der Waals surface area (Å²) in [4.78, 5) is 0. The zero-order valence-electron chi connectivity index (χ0n) is 10.1. The molecule has 0 aliphatic carbocycles. The molecule has 1 nitrogen and oxygen atoms in total. The van der Waals surface area contributed by atoms with E-state index in [0.717, 1.165) is 5.56 Å². The number of hydrogen-bond acceptors (Lipinski definition) is 1. The zero-order valence-corrected chi connectivity index (χ0v) is 10.9. The highest BCUT2D eigenvalue weighted by Gasteiger charge is 2.05. The maximum atomic E-state index is 13.0. The Hall–Kier alpha value is -1.54. The molecule has 2 aromatic rings. The maximum absolute atomic E-state index is 13.0. The fourth-order valence-electron chi connectivity index (χ4n) is 1.76. The van der Waals surface area contributed by atoms with Crippen LogP contribution >= 0.6 is 11.6 Å². The molecule has 3 heteroatoms. The third-order valence-corrected chi connectivity index (χ3v) is 2.93. The average molecular weight is 265 g/mol. The monoisotopic (exact) mass is 264 g/mol. The van der Waals surface area contributed by atoms with Gasteiger partial charge in [0.1, 0.15) is 18.2 Å². The van der Waals surface area contributed by atoms with Gasteiger partial charge in [-0.05, 0) is 30.7 Å². The second-order valence-electron chi connectivity index (χ2n) is 4.16. The first-order valence-electron chi connectivity index (χ1n) is 5.72. The number of ether oxygens (including phenoxy) is 1. The molecule has 0 amide bonds. The molecule has 0 saturated carbocycles. The van der Waals surface area contributed by atoms with Crippen molar-refractivity contribution >= 4 is 11.6 Å². The Kier molecular flexibility index (Phi) is 4.21. The molecule has 0 atom stereocenters. The number of rotatable bonds is 4. The van der Waals surface area contributed by atoms with Gasteiger partial charge in [-0.15, -0.1) is 11.6 Å². The van der Waals surface area contributed by atoms with E-state index in [9.17, 15) is 4.39 Å². The molecule has 0 saturated heterocycles. The fourth-order valence-corrected chi connectivity index (χ4v) is 1.97. The Morgan fingerprint density at radius 3 is 2.72 bits per heavy atom. The minimum absolute atomic E-state index is 0.237. The van der Waals surface area contributed by atoms with Crippen molar-refractivity contribution in [2.45, 2.75) is 19.4 Å². The largest absolute Gasteiger partial charge is 0.489 e. The smallest absolute Gasteiger partial charge is 0.124 e. The summed E-state index contributed by atoms with van der Waals surface area (Å²) in [6, 6.07) is 12.5. The molecule has 94 valence electrons. The van der Waals surface area contributed by atoms with Crippen LogP contribution in [0.3, 0.4) is 0 Å². The fraction of sp³-hybridized carbons (Fsp3) is 0.200. The first-order chi connectivity index (χ1) is 8.69. The van der Waals surface area contributed by atoms with Crippen molar-refractivity contribution in [2.75, 3.05) is 0 Å². The molecule has 2 rings (SSSR count). The van der Waals surface area contributed by atoms with Gasteiger partial charge in [0.2, 0.25) is 0 Å². The van der Waals surface area contributed by atoms with Crippen LogP contribution in [0.4, 0.5) is 4.39 Å². The van der Waals surface area contributed by atoms with E-state index in [2.05, 4.69) is 6.07 Å². The lowest BCUT2D eigenvalue weighted by Crippen LogP contribution is -1.98. The van der Waals surface area contributed by atoms with E-state index in [1.807, 2.05) is 25.1 Å². The molecule has 0 spiro atoms. The van der Waals surface area contributed by atoms with Crippen LogP contribution in [-0.2, 0) is 12.5 Å². The van der Waals surface area contributed by atoms with Crippen molar-refractivity contribution in [2.24, 2.45) is 0 Å². The van der Waals surface area contributed by atoms with Gasteiger partial charge in [0.25, 0.3) is 0 Å². The number of alkyl halides is 1. The molecule has 0 N–H and O–H groups in total. The summed E-state index contributed by atoms with van der Waals surface area (Å²) >= 11 is 5.76. The maximum Gasteiger partial charge on any atom is 0.124 e. The van der Waals surface area contributed by atoms with Crippen molar-refractivity contribution < 1.29 is 9.13 Å². The third kappa shape index (κ3) is 3.23. The Balaban J connectivity index is 2.10. The molecule has 0 radical (unpaired) electrons. The van der Waals surface area contributed by atoms with Crippen LogP contribution in [0.5, 0.6) is 5.75 Å². The van der Waals surface area contributed by atoms with Crippen LogP contribution in [-0.4, -0.2) is 0 Å². The molecule has 0 bridgehead atoms. The van der Waals surface area contributed by atoms with Gasteiger partial charge in [0.05, 0.1) is 5.88 Å². The summed E-state index contributed by atoms with van der Waals surface area (Å²) in [6.45, 7) is 2.49. The van der Waals surface area contributed by atoms with E-state index in [-0.39, 0.29) is 11.7 Å². The highest BCUT2D eigenvalue weighted by molar-refractivity contribution is 6.17. The Labute approximate surface area is 111 Å². The van der Waals surface area contributed by atoms with Crippen molar-refractivity contribution in [3.8, 4) is 5.75 Å². The Bertz CT molecular complexity index is 540. The van der Waals surface area contributed by atoms with E-state index in [4.69, 9.17) is 16.3 Å². The average Bonchev–Trinajstić information content (AvgIpc) is 2.37. The molecule has 0 unspecified atom stereocenters. The highest BCUT2D eigenvalue weighted by Crippen LogP contribution is 2.22. The van der Waals surface area contributed by atoms with Gasteiger partial charge >= 0.3 is 0 Å². The second kappa shape index (κ2) is 5.87. The lowest BCUT2D eigenvalue weighted by Gasteiger charge is -2.10. The van der Waals surface area contributed by atoms with Gasteiger partial charge in [-0.3, -0.25) is 0 Å². The third-order valence-electron chi connectivity index (χ3n) is 2.64. The molecule has 0 aromatic heterocycles. The number of aryl methyl sites for hydroxylation is 1. The van der Waals surface area contributed by atoms with Gasteiger partial charge in [-0.25, -0.2) is 4.39 Å². The van der Waals surface area contributed by atoms with E-state index >= 15 is 0 Å². The summed E-state index contributed by atoms with van der Waals surface area (Å²) in [5.74, 6) is 0.572. The van der Waals surface area contributed by atoms with Crippen LogP contribution in [0.1, 0.15) is 16.7 Å². The summed E-state index contributed by atoms with van der Waals surface area (Å²) in [5.41, 5.74) is 2.94. The van der Waals surface area contributed by atoms with Gasteiger partial charge < -0.3 is 4.74 Å². The second-order valence-corrected chi connectivity index (χ2v) is 4.43. The molecule has 0 aliphatic rings. The van der Waals surface area contributed by atoms with Crippen LogP contribution in [0, 0.1) is 12.7 Å². The highest BCUT2D eigenvalue weighted by atomic mass is 35.5. The molecular weight excluding hydrogens is 251 g/mol. The summed E-state index contributed by atoms with van der Waals surface area (Å²) in [6.07, 6.45) is 0. The predicted octanol–water partition coefficient (Wildman–Crippen LogP) is 4.45. The topological polar surface area (TPSA) is 9.23 Å². The molecule has 2 aromatic carbocycles. The van der Waals surface area contributed by atoms with Gasteiger partial charge in [-0.1, -0.05) is 29.8 Å². The molecule has 18 heavy (non-hydrogen) atoms. The zero-order chi connectivity index (χ0) is 13.0. The lowest BCUT2D eigenvalue weighted by atomic mass is 10.1. The van der Waals surface area contributed by atoms with E-state index in [1.54, 1.807) is 6.07 Å². The standard InChI is InChI=1S/C15H14ClFO/c1-11-3-2-4-12(7-11)10-18-15-6-5-14(17)8-13(15)9-16/h2-8H,9-10H2,1H3. The normalized spacial score (nSPS) is 10.4. The molecule has 0 aliphatic heterocycles. The minimum atomic E-state index is -0.298. The Morgan fingerprint density at radius 2 is 2.00 bits per heavy atom. The number of hydrogen-bond donors (Lipinski definition) is 0. The van der Waals surface area contributed by atoms with Crippen LogP contribution in [0.25, 0.3) is 0 Å². The van der Waals surface area contributed by atoms with E-state index in [0.29, 0.717) is 17.9 Å². The first-order valence-corrected chi connectivity index (χ1v) is 6.25. The molecular formula is C15H14ClFO. The number of benzene rings is 2. The lowest BCUT2D eigenvalue weighted by molar-refractivity contribution is 0.303. The van der Waals surface area contributed by atoms with Gasteiger partial charge in [0, 0.05) is 5.56 Å². The SMILES string of the molecule is Cc1cccc(COc2ccc(F)cc2CCl)c1. The molecule has 0 heterocycles. The van der Waals surface area contributed by atoms with Crippen molar-refractivity contribution in [1.29, 1.82) is 0 Å². The summed E-state index contributed by atoms with van der Waals surface area (Å²) in [5, 5.41) is 0. The summed E-state index contributed by atoms with van der Waals surface area (Å²) < 4.78 is 18.7. The Morgan fingerprint density at radius 1 is 1.17 bits per heavy atom. The van der Waals surface area contributed by atoms with E-state index < -0.39 is 0 Å². The van der Waals surface area contributed by atoms with Crippen LogP contribution < -0.4 is 4.74 Å². The van der Waals surface area contributed by atoms with Crippen LogP contribution in [0.2, 0.25) is 0 Å². The molecule has 0 fully saturated rings. The van der Waals surface area contributed by atoms with Gasteiger partial charge in [0.15, 0.2) is 0 Å². The summed E-state index contributed by atoms with van der Waals surface area (Å²) in [7, 11) is 0. The van der Waals surface area contributed by atoms with E-state index in [1.165, 1.54) is 17.7 Å². The van der Waals surface area contributed by atoms with Gasteiger partial charge in [-0.2, -0.15) is 0 Å².